The zero-order chi connectivity index (χ0) is 37.7. The van der Waals surface area contributed by atoms with Gasteiger partial charge in [0.15, 0.2) is 15.8 Å². The number of anilines is 2. The normalized spacial score (nSPS) is 16.7. The summed E-state index contributed by atoms with van der Waals surface area (Å²) in [5.41, 5.74) is 2.19. The van der Waals surface area contributed by atoms with Crippen LogP contribution in [0.15, 0.2) is 29.6 Å². The number of aromatic nitrogens is 2. The molecule has 7 rings (SSSR count). The van der Waals surface area contributed by atoms with Gasteiger partial charge in [0.05, 0.1) is 38.9 Å². The molecule has 1 atom stereocenters. The molecule has 0 radical (unpaired) electrons. The van der Waals surface area contributed by atoms with Crippen LogP contribution in [0.25, 0.3) is 27.5 Å². The van der Waals surface area contributed by atoms with E-state index >= 15 is 0 Å². The predicted molar refractivity (Wildman–Crippen MR) is 189 cm³/mol. The summed E-state index contributed by atoms with van der Waals surface area (Å²) >= 11 is 1.65. The molecule has 282 valence electrons. The number of hydrogen-bond donors (Lipinski definition) is 1. The molecule has 5 heterocycles. The second-order valence-electron chi connectivity index (χ2n) is 13.8. The fourth-order valence-corrected chi connectivity index (χ4v) is 8.23. The number of fused-ring (bicyclic) bond motifs is 6. The predicted octanol–water partition coefficient (Wildman–Crippen LogP) is 6.10. The molecule has 1 unspecified atom stereocenters. The summed E-state index contributed by atoms with van der Waals surface area (Å²) in [6, 6.07) is 7.98. The van der Waals surface area contributed by atoms with E-state index in [-0.39, 0.29) is 24.0 Å². The van der Waals surface area contributed by atoms with E-state index in [9.17, 15) is 18.0 Å². The summed E-state index contributed by atoms with van der Waals surface area (Å²) in [4.78, 5) is 16.4. The lowest BCUT2D eigenvalue weighted by atomic mass is 9.88. The van der Waals surface area contributed by atoms with E-state index in [0.717, 1.165) is 89.3 Å². The van der Waals surface area contributed by atoms with Crippen LogP contribution in [0.2, 0.25) is 0 Å². The van der Waals surface area contributed by atoms with Crippen LogP contribution < -0.4 is 29.0 Å². The van der Waals surface area contributed by atoms with Crippen molar-refractivity contribution in [1.29, 1.82) is 0 Å². The molecule has 0 spiro atoms. The first-order chi connectivity index (χ1) is 24.5. The van der Waals surface area contributed by atoms with E-state index in [1.165, 1.54) is 23.9 Å². The number of hydrogen-bond acceptors (Lipinski definition) is 11. The maximum absolute atomic E-state index is 12.9. The van der Waals surface area contributed by atoms with Crippen LogP contribution in [0, 0.1) is 0 Å². The average Bonchev–Trinajstić information content (AvgIpc) is 3.59. The number of ether oxygens (including phenoxy) is 4. The highest BCUT2D eigenvalue weighted by Gasteiger charge is 2.43. The molecule has 2 aromatic heterocycles. The lowest BCUT2D eigenvalue weighted by molar-refractivity contribution is -0.684. The number of rotatable bonds is 6. The van der Waals surface area contributed by atoms with E-state index < -0.39 is 15.6 Å². The lowest BCUT2D eigenvalue weighted by Gasteiger charge is -2.38. The number of alkyl halides is 3. The zero-order valence-corrected chi connectivity index (χ0v) is 31.3. The third kappa shape index (κ3) is 6.97. The molecule has 0 fully saturated rings. The van der Waals surface area contributed by atoms with Crippen molar-refractivity contribution in [3.05, 3.63) is 40.8 Å². The monoisotopic (exact) mass is 766 g/mol. The highest BCUT2D eigenvalue weighted by molar-refractivity contribution is 7.86. The van der Waals surface area contributed by atoms with Gasteiger partial charge in [-0.25, -0.2) is 13.0 Å². The number of nitrogens with zero attached hydrogens (tertiary/aromatic N) is 3. The summed E-state index contributed by atoms with van der Waals surface area (Å²) in [5, 5.41) is 6.04. The standard InChI is InChI=1S/C34H41N4O5S.CHF3O3S/c1-34(2,3)35-32-30-25-15-20-9-7-13-36-14-8-10-23(29(20)36)31(25)43-18-21(16-28(39)42-6)37(30)33-38(32)26(19-44-33)24-17-22(40-4)11-12-27(24)41-5;2-1(3,4)8(5,6)7/h11-12,15,17,19,21,35H,7-10,13-14,16,18H2,1-6H3;(H,5,6,7)/q+1;/p-1. The molecular formula is C35H41F3N4O8S2. The summed E-state index contributed by atoms with van der Waals surface area (Å²) in [6.45, 7) is 9.08. The van der Waals surface area contributed by atoms with E-state index in [1.54, 1.807) is 25.6 Å². The minimum atomic E-state index is -6.09. The van der Waals surface area contributed by atoms with Gasteiger partial charge in [0.25, 0.3) is 0 Å². The third-order valence-electron chi connectivity index (χ3n) is 9.21. The molecule has 3 aliphatic heterocycles. The SMILES string of the molecule is COC(=O)CC1COc2c(cc3c4c2CCCN4CCC3)-c2c(NC(C)(C)C)n3c(-c4cc(OC)ccc4OC)csc3[n+]21.O=S(=O)([O-])C(F)(F)F. The first-order valence-electron chi connectivity index (χ1n) is 16.7. The van der Waals surface area contributed by atoms with Gasteiger partial charge in [-0.15, -0.1) is 0 Å². The molecule has 4 aromatic rings. The van der Waals surface area contributed by atoms with E-state index in [4.69, 9.17) is 31.9 Å². The maximum atomic E-state index is 12.9. The van der Waals surface area contributed by atoms with Crippen molar-refractivity contribution >= 4 is 43.9 Å². The second kappa shape index (κ2) is 14.0. The van der Waals surface area contributed by atoms with Gasteiger partial charge in [0.1, 0.15) is 29.9 Å². The Labute approximate surface area is 303 Å². The van der Waals surface area contributed by atoms with Gasteiger partial charge >= 0.3 is 16.4 Å². The van der Waals surface area contributed by atoms with Crippen LogP contribution in [0.4, 0.5) is 24.7 Å². The first-order valence-corrected chi connectivity index (χ1v) is 19.0. The van der Waals surface area contributed by atoms with Crippen molar-refractivity contribution in [3.8, 4) is 39.8 Å². The molecule has 0 saturated heterocycles. The first kappa shape index (κ1) is 37.5. The van der Waals surface area contributed by atoms with Crippen molar-refractivity contribution < 1.29 is 54.5 Å². The Morgan fingerprint density at radius 2 is 1.77 bits per heavy atom. The number of thiazole rings is 1. The molecule has 17 heteroatoms. The largest absolute Gasteiger partial charge is 0.741 e. The number of aryl methyl sites for hydroxylation is 1. The molecule has 0 saturated carbocycles. The number of methoxy groups -OCH3 is 3. The van der Waals surface area contributed by atoms with Crippen molar-refractivity contribution in [3.63, 3.8) is 0 Å². The molecule has 3 aliphatic rings. The van der Waals surface area contributed by atoms with Gasteiger partial charge in [-0.1, -0.05) is 11.3 Å². The Morgan fingerprint density at radius 1 is 1.08 bits per heavy atom. The number of carbonyl (C=O) groups is 1. The maximum Gasteiger partial charge on any atom is 0.485 e. The number of nitrogens with one attached hydrogen (secondary N) is 1. The molecule has 12 nitrogen and oxygen atoms in total. The average molecular weight is 767 g/mol. The smallest absolute Gasteiger partial charge is 0.485 e. The van der Waals surface area contributed by atoms with Crippen LogP contribution in [0.5, 0.6) is 17.2 Å². The van der Waals surface area contributed by atoms with Crippen molar-refractivity contribution in [2.75, 3.05) is 51.2 Å². The highest BCUT2D eigenvalue weighted by atomic mass is 32.2. The zero-order valence-electron chi connectivity index (χ0n) is 29.7. The molecule has 52 heavy (non-hydrogen) atoms. The molecule has 0 aliphatic carbocycles. The Kier molecular flexibility index (Phi) is 10.1. The van der Waals surface area contributed by atoms with Crippen molar-refractivity contribution in [2.24, 2.45) is 0 Å². The Balaban J connectivity index is 0.000000522. The van der Waals surface area contributed by atoms with Crippen LogP contribution in [-0.2, 0) is 32.5 Å². The topological polar surface area (TPSA) is 135 Å². The van der Waals surface area contributed by atoms with Gasteiger partial charge in [-0.3, -0.25) is 4.79 Å². The Morgan fingerprint density at radius 3 is 2.38 bits per heavy atom. The lowest BCUT2D eigenvalue weighted by Crippen LogP contribution is -2.43. The van der Waals surface area contributed by atoms with Crippen molar-refractivity contribution in [1.82, 2.24) is 4.40 Å². The number of imidazole rings is 1. The van der Waals surface area contributed by atoms with Gasteiger partial charge in [0.2, 0.25) is 11.5 Å². The molecule has 0 bridgehead atoms. The van der Waals surface area contributed by atoms with Gasteiger partial charge in [-0.05, 0) is 76.3 Å². The number of benzene rings is 2. The minimum absolute atomic E-state index is 0.202. The van der Waals surface area contributed by atoms with Crippen LogP contribution in [0.3, 0.4) is 0 Å². The second-order valence-corrected chi connectivity index (χ2v) is 16.0. The third-order valence-corrected chi connectivity index (χ3v) is 10.7. The summed E-state index contributed by atoms with van der Waals surface area (Å²) in [7, 11) is -1.27. The quantitative estimate of drug-likeness (QED) is 0.106. The van der Waals surface area contributed by atoms with E-state index in [2.05, 4.69) is 51.4 Å². The minimum Gasteiger partial charge on any atom is -0.741 e. The van der Waals surface area contributed by atoms with Gasteiger partial charge in [0, 0.05) is 35.3 Å². The Hall–Kier alpha value is -4.22. The molecule has 0 amide bonds. The van der Waals surface area contributed by atoms with Crippen molar-refractivity contribution in [2.45, 2.75) is 70.0 Å². The van der Waals surface area contributed by atoms with Crippen LogP contribution in [-0.4, -0.2) is 75.4 Å². The van der Waals surface area contributed by atoms with Crippen LogP contribution >= 0.6 is 11.3 Å². The molecule has 2 aromatic carbocycles. The molecule has 1 N–H and O–H groups in total. The van der Waals surface area contributed by atoms with Crippen LogP contribution in [0.1, 0.15) is 57.2 Å². The number of halogens is 3. The fourth-order valence-electron chi connectivity index (χ4n) is 7.13. The highest BCUT2D eigenvalue weighted by Crippen LogP contribution is 2.50. The fraction of sp³-hybridized carbons (Fsp3) is 0.486. The number of esters is 1. The summed E-state index contributed by atoms with van der Waals surface area (Å²) < 4.78 is 87.0. The summed E-state index contributed by atoms with van der Waals surface area (Å²) in [6.07, 6.45) is 4.49. The van der Waals surface area contributed by atoms with Gasteiger partial charge < -0.3 is 33.7 Å². The van der Waals surface area contributed by atoms with E-state index in [1.807, 2.05) is 18.2 Å². The molecular weight excluding hydrogens is 726 g/mol. The van der Waals surface area contributed by atoms with Gasteiger partial charge in [-0.2, -0.15) is 17.6 Å². The Bertz CT molecular complexity index is 2120. The number of carbonyl (C=O) groups excluding carboxylic acids is 1. The summed E-state index contributed by atoms with van der Waals surface area (Å²) in [5.74, 6) is 3.17. The van der Waals surface area contributed by atoms with E-state index in [0.29, 0.717) is 6.61 Å².